The van der Waals surface area contributed by atoms with Crippen LogP contribution in [0, 0.1) is 11.8 Å². The second-order valence-corrected chi connectivity index (χ2v) is 8.77. The van der Waals surface area contributed by atoms with Crippen molar-refractivity contribution in [3.63, 3.8) is 0 Å². The van der Waals surface area contributed by atoms with Crippen molar-refractivity contribution in [2.24, 2.45) is 11.8 Å². The lowest BCUT2D eigenvalue weighted by Gasteiger charge is -2.40. The molecule has 2 amide bonds. The van der Waals surface area contributed by atoms with Gasteiger partial charge >= 0.3 is 0 Å². The monoisotopic (exact) mass is 368 g/mol. The van der Waals surface area contributed by atoms with Crippen LogP contribution in [0.2, 0.25) is 0 Å². The van der Waals surface area contributed by atoms with Crippen molar-refractivity contribution < 1.29 is 9.59 Å². The first kappa shape index (κ1) is 17.0. The molecule has 1 N–H and O–H groups in total. The first-order valence-corrected chi connectivity index (χ1v) is 10.5. The van der Waals surface area contributed by atoms with Crippen molar-refractivity contribution in [2.45, 2.75) is 57.0 Å². The molecule has 144 valence electrons. The lowest BCUT2D eigenvalue weighted by Crippen LogP contribution is -2.50. The first-order chi connectivity index (χ1) is 13.2. The summed E-state index contributed by atoms with van der Waals surface area (Å²) < 4.78 is 0. The van der Waals surface area contributed by atoms with Gasteiger partial charge in [-0.15, -0.1) is 0 Å². The first-order valence-electron chi connectivity index (χ1n) is 10.5. The molecule has 6 heteroatoms. The van der Waals surface area contributed by atoms with E-state index in [0.717, 1.165) is 51.1 Å². The Morgan fingerprint density at radius 2 is 2.00 bits per heavy atom. The molecule has 1 aromatic rings. The number of pyridine rings is 1. The number of fused-ring (bicyclic) bond motifs is 4. The largest absolute Gasteiger partial charge is 0.354 e. The average Bonchev–Trinajstić information content (AvgIpc) is 3.47. The van der Waals surface area contributed by atoms with Gasteiger partial charge < -0.3 is 15.1 Å². The fourth-order valence-electron chi connectivity index (χ4n) is 4.65. The van der Waals surface area contributed by atoms with E-state index < -0.39 is 0 Å². The van der Waals surface area contributed by atoms with Gasteiger partial charge in [0.15, 0.2) is 0 Å². The van der Waals surface area contributed by atoms with Crippen molar-refractivity contribution in [3.05, 3.63) is 23.9 Å². The van der Waals surface area contributed by atoms with E-state index in [-0.39, 0.29) is 17.9 Å². The number of amides is 2. The van der Waals surface area contributed by atoms with Gasteiger partial charge in [0.2, 0.25) is 5.91 Å². The number of carbonyl (C=O) groups excluding carboxylic acids is 2. The van der Waals surface area contributed by atoms with Crippen molar-refractivity contribution in [1.82, 2.24) is 15.2 Å². The van der Waals surface area contributed by atoms with Gasteiger partial charge in [0.1, 0.15) is 5.82 Å². The Morgan fingerprint density at radius 1 is 1.15 bits per heavy atom. The third-order valence-corrected chi connectivity index (χ3v) is 6.72. The van der Waals surface area contributed by atoms with Crippen LogP contribution in [0.25, 0.3) is 0 Å². The van der Waals surface area contributed by atoms with Crippen molar-refractivity contribution in [2.75, 3.05) is 24.5 Å². The molecule has 0 radical (unpaired) electrons. The van der Waals surface area contributed by atoms with Crippen LogP contribution >= 0.6 is 0 Å². The van der Waals surface area contributed by atoms with E-state index in [9.17, 15) is 9.59 Å². The average molecular weight is 368 g/mol. The standard InChI is InChI=1S/C21H28N4O2/c26-20(23-17-5-6-17)15-8-9-22-19(10-15)24-12-16-4-7-18(13-24)25(21(16)27)11-14-2-1-3-14/h8-10,14,16-18H,1-7,11-13H2,(H,23,26)/t16-,18+/m0/s1. The van der Waals surface area contributed by atoms with Crippen molar-refractivity contribution in [1.29, 1.82) is 0 Å². The number of aromatic nitrogens is 1. The molecule has 4 heterocycles. The lowest BCUT2D eigenvalue weighted by molar-refractivity contribution is -0.141. The molecule has 2 saturated carbocycles. The van der Waals surface area contributed by atoms with E-state index in [2.05, 4.69) is 20.1 Å². The molecule has 0 spiro atoms. The highest BCUT2D eigenvalue weighted by Crippen LogP contribution is 2.35. The number of nitrogens with zero attached hydrogens (tertiary/aromatic N) is 3. The highest BCUT2D eigenvalue weighted by molar-refractivity contribution is 5.95. The maximum Gasteiger partial charge on any atom is 0.251 e. The van der Waals surface area contributed by atoms with Gasteiger partial charge in [0, 0.05) is 43.5 Å². The summed E-state index contributed by atoms with van der Waals surface area (Å²) in [5, 5.41) is 3.04. The zero-order chi connectivity index (χ0) is 18.4. The molecule has 0 unspecified atom stereocenters. The zero-order valence-corrected chi connectivity index (χ0v) is 15.8. The smallest absolute Gasteiger partial charge is 0.251 e. The number of hydrogen-bond donors (Lipinski definition) is 1. The van der Waals surface area contributed by atoms with E-state index in [1.165, 1.54) is 19.3 Å². The van der Waals surface area contributed by atoms with Gasteiger partial charge in [0.25, 0.3) is 5.91 Å². The molecule has 3 aliphatic heterocycles. The fourth-order valence-corrected chi connectivity index (χ4v) is 4.65. The maximum absolute atomic E-state index is 13.0. The van der Waals surface area contributed by atoms with E-state index in [0.29, 0.717) is 23.4 Å². The van der Waals surface area contributed by atoms with Crippen LogP contribution in [-0.2, 0) is 4.79 Å². The third-order valence-electron chi connectivity index (χ3n) is 6.72. The molecule has 5 fully saturated rings. The SMILES string of the molecule is O=C(NC1CC1)c1ccnc(N2C[C@@H]3CC[C@H](C2)N(CC2CCC2)C3=O)c1. The zero-order valence-electron chi connectivity index (χ0n) is 15.8. The van der Waals surface area contributed by atoms with Crippen LogP contribution < -0.4 is 10.2 Å². The van der Waals surface area contributed by atoms with E-state index >= 15 is 0 Å². The Kier molecular flexibility index (Phi) is 4.29. The lowest BCUT2D eigenvalue weighted by atomic mass is 9.83. The number of rotatable bonds is 5. The van der Waals surface area contributed by atoms with Crippen LogP contribution in [0.3, 0.4) is 0 Å². The Labute approximate surface area is 160 Å². The minimum Gasteiger partial charge on any atom is -0.354 e. The van der Waals surface area contributed by atoms with Gasteiger partial charge in [-0.1, -0.05) is 6.42 Å². The highest BCUT2D eigenvalue weighted by Gasteiger charge is 2.42. The van der Waals surface area contributed by atoms with Gasteiger partial charge in [-0.2, -0.15) is 0 Å². The minimum absolute atomic E-state index is 0.0124. The molecular weight excluding hydrogens is 340 g/mol. The fraction of sp³-hybridized carbons (Fsp3) is 0.667. The topological polar surface area (TPSA) is 65.5 Å². The normalized spacial score (nSPS) is 28.1. The molecular formula is C21H28N4O2. The second kappa shape index (κ2) is 6.80. The molecule has 2 aliphatic carbocycles. The highest BCUT2D eigenvalue weighted by atomic mass is 16.2. The molecule has 2 atom stereocenters. The Bertz CT molecular complexity index is 743. The van der Waals surface area contributed by atoms with E-state index in [4.69, 9.17) is 0 Å². The van der Waals surface area contributed by atoms with Gasteiger partial charge in [-0.05, 0) is 56.6 Å². The third kappa shape index (κ3) is 3.42. The van der Waals surface area contributed by atoms with Crippen LogP contribution in [0.15, 0.2) is 18.3 Å². The summed E-state index contributed by atoms with van der Waals surface area (Å²) in [6.07, 6.45) is 9.79. The Hall–Kier alpha value is -2.11. The summed E-state index contributed by atoms with van der Waals surface area (Å²) in [5.74, 6) is 1.92. The van der Waals surface area contributed by atoms with Gasteiger partial charge in [0.05, 0.1) is 5.92 Å². The van der Waals surface area contributed by atoms with Crippen LogP contribution in [-0.4, -0.2) is 53.4 Å². The van der Waals surface area contributed by atoms with Crippen molar-refractivity contribution in [3.8, 4) is 0 Å². The molecule has 6 rings (SSSR count). The number of hydrogen-bond acceptors (Lipinski definition) is 4. The van der Waals surface area contributed by atoms with Crippen molar-refractivity contribution >= 4 is 17.6 Å². The Morgan fingerprint density at radius 3 is 2.74 bits per heavy atom. The summed E-state index contributed by atoms with van der Waals surface area (Å²) >= 11 is 0. The van der Waals surface area contributed by atoms with Crippen LogP contribution in [0.1, 0.15) is 55.3 Å². The second-order valence-electron chi connectivity index (χ2n) is 8.77. The van der Waals surface area contributed by atoms with Crippen LogP contribution in [0.5, 0.6) is 0 Å². The van der Waals surface area contributed by atoms with Gasteiger partial charge in [-0.3, -0.25) is 9.59 Å². The van der Waals surface area contributed by atoms with E-state index in [1.54, 1.807) is 12.3 Å². The predicted molar refractivity (Wildman–Crippen MR) is 103 cm³/mol. The number of nitrogens with one attached hydrogen (secondary N) is 1. The Balaban J connectivity index is 1.33. The molecule has 6 nitrogen and oxygen atoms in total. The summed E-state index contributed by atoms with van der Waals surface area (Å²) in [4.78, 5) is 34.3. The summed E-state index contributed by atoms with van der Waals surface area (Å²) in [5.41, 5.74) is 0.668. The summed E-state index contributed by atoms with van der Waals surface area (Å²) in [6.45, 7) is 2.48. The molecule has 0 aromatic carbocycles. The molecule has 1 aromatic heterocycles. The predicted octanol–water partition coefficient (Wildman–Crippen LogP) is 2.20. The maximum atomic E-state index is 13.0. The van der Waals surface area contributed by atoms with Crippen LogP contribution in [0.4, 0.5) is 5.82 Å². The number of anilines is 1. The summed E-state index contributed by atoms with van der Waals surface area (Å²) in [7, 11) is 0. The van der Waals surface area contributed by atoms with Gasteiger partial charge in [-0.25, -0.2) is 4.98 Å². The molecule has 3 saturated heterocycles. The summed E-state index contributed by atoms with van der Waals surface area (Å²) in [6, 6.07) is 4.30. The minimum atomic E-state index is -0.0124. The molecule has 2 bridgehead atoms. The number of piperidine rings is 1. The number of carbonyl (C=O) groups is 2. The quantitative estimate of drug-likeness (QED) is 0.865. The molecule has 27 heavy (non-hydrogen) atoms. The molecule has 5 aliphatic rings. The van der Waals surface area contributed by atoms with E-state index in [1.807, 2.05) is 6.07 Å².